The van der Waals surface area contributed by atoms with Crippen molar-refractivity contribution in [3.63, 3.8) is 0 Å². The van der Waals surface area contributed by atoms with Gasteiger partial charge >= 0.3 is 0 Å². The second-order valence-corrected chi connectivity index (χ2v) is 7.00. The molecule has 0 amide bonds. The van der Waals surface area contributed by atoms with Crippen molar-refractivity contribution in [2.45, 2.75) is 25.4 Å². The molecule has 4 heterocycles. The molecule has 0 spiro atoms. The molecule has 0 atom stereocenters. The third-order valence-electron chi connectivity index (χ3n) is 5.13. The first-order chi connectivity index (χ1) is 13.3. The summed E-state index contributed by atoms with van der Waals surface area (Å²) >= 11 is 0. The molecule has 2 fully saturated rings. The van der Waals surface area contributed by atoms with Crippen LogP contribution in [0, 0.1) is 5.82 Å². The van der Waals surface area contributed by atoms with Gasteiger partial charge in [-0.15, -0.1) is 0 Å². The Hall–Kier alpha value is -2.32. The predicted octanol–water partition coefficient (Wildman–Crippen LogP) is 1.92. The summed E-state index contributed by atoms with van der Waals surface area (Å²) in [4.78, 5) is 17.3. The Morgan fingerprint density at radius 2 is 1.93 bits per heavy atom. The molecule has 2 aliphatic heterocycles. The zero-order chi connectivity index (χ0) is 18.5. The summed E-state index contributed by atoms with van der Waals surface area (Å²) in [5.41, 5.74) is 0.711. The van der Waals surface area contributed by atoms with Gasteiger partial charge in [0.05, 0.1) is 19.4 Å². The first kappa shape index (κ1) is 18.1. The summed E-state index contributed by atoms with van der Waals surface area (Å²) in [6.45, 7) is 5.59. The SMILES string of the molecule is Fc1cnccc1CN1CCC(Nc2ccnc(N3CCOCC3)n2)CC1. The van der Waals surface area contributed by atoms with E-state index in [0.717, 1.165) is 64.0 Å². The molecule has 2 aliphatic rings. The van der Waals surface area contributed by atoms with Gasteiger partial charge in [-0.2, -0.15) is 4.98 Å². The Bertz CT molecular complexity index is 746. The topological polar surface area (TPSA) is 66.4 Å². The molecule has 0 bridgehead atoms. The molecule has 8 heteroatoms. The molecule has 2 saturated heterocycles. The van der Waals surface area contributed by atoms with Gasteiger partial charge in [0.2, 0.25) is 5.95 Å². The number of aromatic nitrogens is 3. The van der Waals surface area contributed by atoms with E-state index in [2.05, 4.69) is 30.1 Å². The fraction of sp³-hybridized carbons (Fsp3) is 0.526. The smallest absolute Gasteiger partial charge is 0.227 e. The quantitative estimate of drug-likeness (QED) is 0.860. The van der Waals surface area contributed by atoms with Crippen molar-refractivity contribution in [2.24, 2.45) is 0 Å². The molecule has 1 N–H and O–H groups in total. The van der Waals surface area contributed by atoms with Gasteiger partial charge in [0, 0.05) is 56.7 Å². The molecule has 0 radical (unpaired) electrons. The number of nitrogens with one attached hydrogen (secondary N) is 1. The van der Waals surface area contributed by atoms with Crippen molar-refractivity contribution in [3.8, 4) is 0 Å². The van der Waals surface area contributed by atoms with Crippen LogP contribution < -0.4 is 10.2 Å². The molecule has 0 unspecified atom stereocenters. The maximum Gasteiger partial charge on any atom is 0.227 e. The zero-order valence-electron chi connectivity index (χ0n) is 15.4. The van der Waals surface area contributed by atoms with Crippen LogP contribution in [-0.2, 0) is 11.3 Å². The Labute approximate surface area is 158 Å². The average Bonchev–Trinajstić information content (AvgIpc) is 2.72. The van der Waals surface area contributed by atoms with E-state index in [1.807, 2.05) is 12.3 Å². The first-order valence-electron chi connectivity index (χ1n) is 9.51. The average molecular weight is 372 g/mol. The molecule has 7 nitrogen and oxygen atoms in total. The van der Waals surface area contributed by atoms with Crippen molar-refractivity contribution in [3.05, 3.63) is 42.1 Å². The summed E-state index contributed by atoms with van der Waals surface area (Å²) < 4.78 is 19.2. The van der Waals surface area contributed by atoms with Gasteiger partial charge in [-0.3, -0.25) is 9.88 Å². The number of likely N-dealkylation sites (tertiary alicyclic amines) is 1. The minimum atomic E-state index is -0.227. The van der Waals surface area contributed by atoms with Crippen LogP contribution in [0.25, 0.3) is 0 Å². The number of ether oxygens (including phenoxy) is 1. The van der Waals surface area contributed by atoms with Crippen LogP contribution in [0.4, 0.5) is 16.2 Å². The number of rotatable bonds is 5. The summed E-state index contributed by atoms with van der Waals surface area (Å²) in [7, 11) is 0. The minimum absolute atomic E-state index is 0.227. The van der Waals surface area contributed by atoms with Crippen LogP contribution >= 0.6 is 0 Å². The number of hydrogen-bond donors (Lipinski definition) is 1. The van der Waals surface area contributed by atoms with Crippen molar-refractivity contribution in [1.29, 1.82) is 0 Å². The molecule has 2 aromatic heterocycles. The van der Waals surface area contributed by atoms with E-state index in [4.69, 9.17) is 4.74 Å². The monoisotopic (exact) mass is 372 g/mol. The maximum atomic E-state index is 13.8. The molecule has 0 aliphatic carbocycles. The van der Waals surface area contributed by atoms with Crippen LogP contribution in [0.2, 0.25) is 0 Å². The molecule has 4 rings (SSSR count). The van der Waals surface area contributed by atoms with Gasteiger partial charge in [-0.1, -0.05) is 0 Å². The van der Waals surface area contributed by atoms with E-state index in [0.29, 0.717) is 18.2 Å². The second-order valence-electron chi connectivity index (χ2n) is 7.00. The molecule has 144 valence electrons. The third kappa shape index (κ3) is 4.70. The predicted molar refractivity (Wildman–Crippen MR) is 101 cm³/mol. The van der Waals surface area contributed by atoms with E-state index in [-0.39, 0.29) is 5.82 Å². The fourth-order valence-corrected chi connectivity index (χ4v) is 3.56. The molecule has 0 aromatic carbocycles. The van der Waals surface area contributed by atoms with Crippen LogP contribution in [-0.4, -0.2) is 65.3 Å². The number of nitrogens with zero attached hydrogens (tertiary/aromatic N) is 5. The van der Waals surface area contributed by atoms with E-state index in [9.17, 15) is 4.39 Å². The zero-order valence-corrected chi connectivity index (χ0v) is 15.4. The molecular weight excluding hydrogens is 347 g/mol. The number of pyridine rings is 1. The fourth-order valence-electron chi connectivity index (χ4n) is 3.56. The molecule has 0 saturated carbocycles. The Morgan fingerprint density at radius 1 is 1.11 bits per heavy atom. The van der Waals surface area contributed by atoms with Crippen LogP contribution in [0.15, 0.2) is 30.7 Å². The van der Waals surface area contributed by atoms with Crippen molar-refractivity contribution >= 4 is 11.8 Å². The minimum Gasteiger partial charge on any atom is -0.378 e. The lowest BCUT2D eigenvalue weighted by Gasteiger charge is -2.33. The molecular formula is C19H25FN6O. The summed E-state index contributed by atoms with van der Waals surface area (Å²) in [6.07, 6.45) is 6.74. The number of morpholine rings is 1. The van der Waals surface area contributed by atoms with E-state index in [1.54, 1.807) is 12.3 Å². The number of anilines is 2. The largest absolute Gasteiger partial charge is 0.378 e. The van der Waals surface area contributed by atoms with Gasteiger partial charge in [0.15, 0.2) is 0 Å². The highest BCUT2D eigenvalue weighted by molar-refractivity contribution is 5.42. The van der Waals surface area contributed by atoms with Crippen LogP contribution in [0.5, 0.6) is 0 Å². The Morgan fingerprint density at radius 3 is 2.70 bits per heavy atom. The molecule has 2 aromatic rings. The number of halogens is 1. The van der Waals surface area contributed by atoms with Gasteiger partial charge in [-0.25, -0.2) is 9.37 Å². The van der Waals surface area contributed by atoms with Crippen LogP contribution in [0.1, 0.15) is 18.4 Å². The van der Waals surface area contributed by atoms with E-state index >= 15 is 0 Å². The summed E-state index contributed by atoms with van der Waals surface area (Å²) in [6, 6.07) is 4.05. The number of hydrogen-bond acceptors (Lipinski definition) is 7. The maximum absolute atomic E-state index is 13.8. The van der Waals surface area contributed by atoms with Gasteiger partial charge in [-0.05, 0) is 25.0 Å². The summed E-state index contributed by atoms with van der Waals surface area (Å²) in [5.74, 6) is 1.40. The van der Waals surface area contributed by atoms with Crippen LogP contribution in [0.3, 0.4) is 0 Å². The Balaban J connectivity index is 1.29. The van der Waals surface area contributed by atoms with Crippen molar-refractivity contribution in [1.82, 2.24) is 19.9 Å². The molecule has 27 heavy (non-hydrogen) atoms. The first-order valence-corrected chi connectivity index (χ1v) is 9.51. The second kappa shape index (κ2) is 8.58. The van der Waals surface area contributed by atoms with Gasteiger partial charge in [0.1, 0.15) is 11.6 Å². The van der Waals surface area contributed by atoms with E-state index in [1.165, 1.54) is 6.20 Å². The highest BCUT2D eigenvalue weighted by Gasteiger charge is 2.21. The van der Waals surface area contributed by atoms with Gasteiger partial charge < -0.3 is 15.0 Å². The highest BCUT2D eigenvalue weighted by Crippen LogP contribution is 2.19. The van der Waals surface area contributed by atoms with Crippen molar-refractivity contribution < 1.29 is 9.13 Å². The standard InChI is InChI=1S/C19H25FN6O/c20-17-13-21-5-1-15(17)14-25-7-3-16(4-8-25)23-18-2-6-22-19(24-18)26-9-11-27-12-10-26/h1-2,5-6,13,16H,3-4,7-12,14H2,(H,22,23,24). The lowest BCUT2D eigenvalue weighted by atomic mass is 10.0. The van der Waals surface area contributed by atoms with Gasteiger partial charge in [0.25, 0.3) is 0 Å². The lowest BCUT2D eigenvalue weighted by molar-refractivity contribution is 0.122. The highest BCUT2D eigenvalue weighted by atomic mass is 19.1. The third-order valence-corrected chi connectivity index (χ3v) is 5.13. The lowest BCUT2D eigenvalue weighted by Crippen LogP contribution is -2.39. The van der Waals surface area contributed by atoms with Crippen molar-refractivity contribution in [2.75, 3.05) is 49.6 Å². The Kier molecular flexibility index (Phi) is 5.74. The number of piperidine rings is 1. The van der Waals surface area contributed by atoms with E-state index < -0.39 is 0 Å². The summed E-state index contributed by atoms with van der Waals surface area (Å²) in [5, 5.41) is 3.54. The normalized spacial score (nSPS) is 19.2.